The Bertz CT molecular complexity index is 190. The molecule has 0 spiro atoms. The fraction of sp³-hybridized carbons (Fsp3) is 1.00. The second kappa shape index (κ2) is 6.58. The number of hydrogen-bond acceptors (Lipinski definition) is 3. The van der Waals surface area contributed by atoms with Crippen molar-refractivity contribution in [2.75, 3.05) is 39.8 Å². The molecule has 0 bridgehead atoms. The van der Waals surface area contributed by atoms with Gasteiger partial charge in [0.25, 0.3) is 0 Å². The first kappa shape index (κ1) is 12.3. The molecule has 0 aromatic carbocycles. The molecule has 16 heavy (non-hydrogen) atoms. The fourth-order valence-corrected chi connectivity index (χ4v) is 3.03. The molecule has 3 heteroatoms. The van der Waals surface area contributed by atoms with Crippen molar-refractivity contribution in [3.8, 4) is 0 Å². The van der Waals surface area contributed by atoms with Gasteiger partial charge in [-0.15, -0.1) is 0 Å². The minimum Gasteiger partial charge on any atom is -0.315 e. The van der Waals surface area contributed by atoms with Gasteiger partial charge >= 0.3 is 0 Å². The Labute approximate surface area is 100.0 Å². The molecular weight excluding hydrogens is 198 g/mol. The van der Waals surface area contributed by atoms with E-state index in [0.29, 0.717) is 0 Å². The molecule has 94 valence electrons. The van der Waals surface area contributed by atoms with E-state index in [1.807, 2.05) is 0 Å². The predicted molar refractivity (Wildman–Crippen MR) is 68.7 cm³/mol. The van der Waals surface area contributed by atoms with Crippen LogP contribution in [0, 0.1) is 5.92 Å². The molecule has 2 atom stereocenters. The van der Waals surface area contributed by atoms with Gasteiger partial charge in [-0.3, -0.25) is 0 Å². The fourth-order valence-electron chi connectivity index (χ4n) is 3.03. The summed E-state index contributed by atoms with van der Waals surface area (Å²) in [6, 6.07) is 0.732. The zero-order valence-electron chi connectivity index (χ0n) is 10.7. The first-order valence-corrected chi connectivity index (χ1v) is 6.97. The van der Waals surface area contributed by atoms with Crippen molar-refractivity contribution >= 4 is 0 Å². The molecule has 2 aliphatic heterocycles. The van der Waals surface area contributed by atoms with E-state index < -0.39 is 0 Å². The Kier molecular flexibility index (Phi) is 5.07. The summed E-state index contributed by atoms with van der Waals surface area (Å²) >= 11 is 0. The minimum absolute atomic E-state index is 0.732. The lowest BCUT2D eigenvalue weighted by Gasteiger charge is -2.30. The van der Waals surface area contributed by atoms with Gasteiger partial charge in [0.05, 0.1) is 0 Å². The van der Waals surface area contributed by atoms with Crippen LogP contribution < -0.4 is 10.6 Å². The highest BCUT2D eigenvalue weighted by Gasteiger charge is 2.17. The molecule has 0 amide bonds. The average Bonchev–Trinajstić information content (AvgIpc) is 2.30. The van der Waals surface area contributed by atoms with E-state index in [-0.39, 0.29) is 0 Å². The number of piperidine rings is 2. The van der Waals surface area contributed by atoms with Crippen molar-refractivity contribution < 1.29 is 0 Å². The summed E-state index contributed by atoms with van der Waals surface area (Å²) in [6.07, 6.45) is 6.89. The van der Waals surface area contributed by atoms with E-state index in [1.165, 1.54) is 64.8 Å². The van der Waals surface area contributed by atoms with Crippen LogP contribution >= 0.6 is 0 Å². The highest BCUT2D eigenvalue weighted by Crippen LogP contribution is 2.17. The van der Waals surface area contributed by atoms with Crippen LogP contribution in [0.2, 0.25) is 0 Å². The number of rotatable bonds is 4. The number of nitrogens with one attached hydrogen (secondary N) is 2. The Hall–Kier alpha value is -0.120. The summed E-state index contributed by atoms with van der Waals surface area (Å²) in [7, 11) is 2.25. The van der Waals surface area contributed by atoms with Crippen molar-refractivity contribution in [1.29, 1.82) is 0 Å². The maximum Gasteiger partial charge on any atom is 0.0192 e. The Morgan fingerprint density at radius 2 is 2.25 bits per heavy atom. The summed E-state index contributed by atoms with van der Waals surface area (Å²) in [5.41, 5.74) is 0. The third kappa shape index (κ3) is 4.04. The van der Waals surface area contributed by atoms with E-state index in [2.05, 4.69) is 22.6 Å². The summed E-state index contributed by atoms with van der Waals surface area (Å²) in [5.74, 6) is 0.933. The SMILES string of the molecule is CN1CCCC(CCNC2CCCNC2)C1. The smallest absolute Gasteiger partial charge is 0.0192 e. The zero-order chi connectivity index (χ0) is 11.2. The Balaban J connectivity index is 1.56. The molecule has 2 N–H and O–H groups in total. The summed E-state index contributed by atoms with van der Waals surface area (Å²) in [6.45, 7) is 6.21. The largest absolute Gasteiger partial charge is 0.315 e. The predicted octanol–water partition coefficient (Wildman–Crippen LogP) is 1.06. The third-order valence-corrected chi connectivity index (χ3v) is 4.00. The van der Waals surface area contributed by atoms with E-state index >= 15 is 0 Å². The van der Waals surface area contributed by atoms with Crippen molar-refractivity contribution in [3.05, 3.63) is 0 Å². The zero-order valence-corrected chi connectivity index (χ0v) is 10.7. The van der Waals surface area contributed by atoms with Crippen molar-refractivity contribution in [2.45, 2.75) is 38.1 Å². The number of hydrogen-bond donors (Lipinski definition) is 2. The van der Waals surface area contributed by atoms with Crippen LogP contribution in [0.4, 0.5) is 0 Å². The van der Waals surface area contributed by atoms with Gasteiger partial charge in [-0.1, -0.05) is 0 Å². The Morgan fingerprint density at radius 3 is 3.00 bits per heavy atom. The van der Waals surface area contributed by atoms with Crippen molar-refractivity contribution in [1.82, 2.24) is 15.5 Å². The van der Waals surface area contributed by atoms with Gasteiger partial charge in [-0.25, -0.2) is 0 Å². The highest BCUT2D eigenvalue weighted by atomic mass is 15.1. The summed E-state index contributed by atoms with van der Waals surface area (Å²) < 4.78 is 0. The molecule has 2 fully saturated rings. The van der Waals surface area contributed by atoms with Gasteiger partial charge in [0, 0.05) is 19.1 Å². The van der Waals surface area contributed by atoms with Crippen LogP contribution in [0.1, 0.15) is 32.1 Å². The molecule has 0 saturated carbocycles. The van der Waals surface area contributed by atoms with Gasteiger partial charge in [0.2, 0.25) is 0 Å². The summed E-state index contributed by atoms with van der Waals surface area (Å²) in [4.78, 5) is 2.48. The van der Waals surface area contributed by atoms with Gasteiger partial charge in [0.1, 0.15) is 0 Å². The molecule has 0 radical (unpaired) electrons. The van der Waals surface area contributed by atoms with Crippen LogP contribution in [0.3, 0.4) is 0 Å². The standard InChI is InChI=1S/C13H27N3/c1-16-9-3-4-12(11-16)6-8-15-13-5-2-7-14-10-13/h12-15H,2-11H2,1H3. The van der Waals surface area contributed by atoms with Crippen LogP contribution in [0.15, 0.2) is 0 Å². The van der Waals surface area contributed by atoms with Crippen LogP contribution in [0.25, 0.3) is 0 Å². The van der Waals surface area contributed by atoms with Crippen LogP contribution in [-0.4, -0.2) is 50.7 Å². The molecule has 2 aliphatic rings. The van der Waals surface area contributed by atoms with E-state index in [0.717, 1.165) is 12.0 Å². The van der Waals surface area contributed by atoms with Crippen LogP contribution in [0.5, 0.6) is 0 Å². The maximum absolute atomic E-state index is 3.70. The molecule has 0 aromatic rings. The van der Waals surface area contributed by atoms with Crippen LogP contribution in [-0.2, 0) is 0 Å². The summed E-state index contributed by atoms with van der Waals surface area (Å²) in [5, 5.41) is 7.16. The van der Waals surface area contributed by atoms with E-state index in [4.69, 9.17) is 0 Å². The average molecular weight is 225 g/mol. The third-order valence-electron chi connectivity index (χ3n) is 4.00. The highest BCUT2D eigenvalue weighted by molar-refractivity contribution is 4.76. The van der Waals surface area contributed by atoms with E-state index in [9.17, 15) is 0 Å². The molecule has 0 aliphatic carbocycles. The van der Waals surface area contributed by atoms with Gasteiger partial charge < -0.3 is 15.5 Å². The quantitative estimate of drug-likeness (QED) is 0.749. The molecular formula is C13H27N3. The first-order chi connectivity index (χ1) is 7.84. The lowest BCUT2D eigenvalue weighted by molar-refractivity contribution is 0.199. The molecule has 0 aromatic heterocycles. The first-order valence-electron chi connectivity index (χ1n) is 6.97. The molecule has 3 nitrogen and oxygen atoms in total. The topological polar surface area (TPSA) is 27.3 Å². The second-order valence-electron chi connectivity index (χ2n) is 5.56. The molecule has 2 rings (SSSR count). The van der Waals surface area contributed by atoms with Gasteiger partial charge in [-0.2, -0.15) is 0 Å². The normalized spacial score (nSPS) is 32.8. The van der Waals surface area contributed by atoms with Crippen molar-refractivity contribution in [3.63, 3.8) is 0 Å². The molecule has 2 unspecified atom stereocenters. The minimum atomic E-state index is 0.732. The monoisotopic (exact) mass is 225 g/mol. The maximum atomic E-state index is 3.70. The lowest BCUT2D eigenvalue weighted by Crippen LogP contribution is -2.44. The number of nitrogens with zero attached hydrogens (tertiary/aromatic N) is 1. The van der Waals surface area contributed by atoms with E-state index in [1.54, 1.807) is 0 Å². The lowest BCUT2D eigenvalue weighted by atomic mass is 9.95. The Morgan fingerprint density at radius 1 is 1.31 bits per heavy atom. The molecule has 2 saturated heterocycles. The van der Waals surface area contributed by atoms with Gasteiger partial charge in [-0.05, 0) is 64.7 Å². The van der Waals surface area contributed by atoms with Crippen molar-refractivity contribution in [2.24, 2.45) is 5.92 Å². The number of likely N-dealkylation sites (tertiary alicyclic amines) is 1. The molecule has 2 heterocycles. The second-order valence-corrected chi connectivity index (χ2v) is 5.56. The van der Waals surface area contributed by atoms with Gasteiger partial charge in [0.15, 0.2) is 0 Å².